The second-order valence-corrected chi connectivity index (χ2v) is 9.86. The molecule has 1 aromatic heterocycles. The summed E-state index contributed by atoms with van der Waals surface area (Å²) in [6, 6.07) is 13.0. The van der Waals surface area contributed by atoms with Crippen LogP contribution in [0.4, 0.5) is 0 Å². The summed E-state index contributed by atoms with van der Waals surface area (Å²) in [6.07, 6.45) is 0.958. The zero-order chi connectivity index (χ0) is 21.2. The second kappa shape index (κ2) is 8.83. The van der Waals surface area contributed by atoms with Gasteiger partial charge in [0.15, 0.2) is 0 Å². The molecule has 0 saturated heterocycles. The van der Waals surface area contributed by atoms with Gasteiger partial charge in [-0.25, -0.2) is 17.7 Å². The fraction of sp³-hybridized carbons (Fsp3) is 0.381. The number of imidazole rings is 1. The molecule has 3 rings (SSSR count). The SMILES string of the molecule is CCCn1c(CNC(C)c2cccc(Cl)c2)nc2cc(S(=O)(=O)N(C)C)ccc21. The highest BCUT2D eigenvalue weighted by Crippen LogP contribution is 2.23. The third kappa shape index (κ3) is 4.64. The number of nitrogens with zero attached hydrogens (tertiary/aromatic N) is 3. The van der Waals surface area contributed by atoms with Crippen molar-refractivity contribution >= 4 is 32.7 Å². The maximum absolute atomic E-state index is 12.5. The van der Waals surface area contributed by atoms with Crippen LogP contribution in [0.5, 0.6) is 0 Å². The number of hydrogen-bond acceptors (Lipinski definition) is 4. The minimum atomic E-state index is -3.49. The lowest BCUT2D eigenvalue weighted by Crippen LogP contribution is -2.22. The highest BCUT2D eigenvalue weighted by atomic mass is 35.5. The maximum Gasteiger partial charge on any atom is 0.242 e. The number of hydrogen-bond donors (Lipinski definition) is 1. The number of fused-ring (bicyclic) bond motifs is 1. The highest BCUT2D eigenvalue weighted by molar-refractivity contribution is 7.89. The van der Waals surface area contributed by atoms with Crippen LogP contribution in [0.1, 0.15) is 37.7 Å². The molecule has 0 bridgehead atoms. The first-order chi connectivity index (χ1) is 13.7. The summed E-state index contributed by atoms with van der Waals surface area (Å²) >= 11 is 6.10. The Hall–Kier alpha value is -1.93. The van der Waals surface area contributed by atoms with Gasteiger partial charge in [-0.1, -0.05) is 30.7 Å². The number of nitrogens with one attached hydrogen (secondary N) is 1. The molecule has 1 atom stereocenters. The summed E-state index contributed by atoms with van der Waals surface area (Å²) in [4.78, 5) is 4.99. The van der Waals surface area contributed by atoms with Crippen LogP contribution in [0.25, 0.3) is 11.0 Å². The summed E-state index contributed by atoms with van der Waals surface area (Å²) in [6.45, 7) is 5.58. The molecule has 0 amide bonds. The fourth-order valence-corrected chi connectivity index (χ4v) is 4.40. The normalized spacial score (nSPS) is 13.3. The molecular formula is C21H27ClN4O2S. The van der Waals surface area contributed by atoms with E-state index in [-0.39, 0.29) is 10.9 Å². The van der Waals surface area contributed by atoms with Crippen LogP contribution in [0.15, 0.2) is 47.4 Å². The maximum atomic E-state index is 12.5. The molecule has 29 heavy (non-hydrogen) atoms. The molecule has 0 aliphatic heterocycles. The first-order valence-electron chi connectivity index (χ1n) is 9.64. The van der Waals surface area contributed by atoms with Crippen molar-refractivity contribution in [3.8, 4) is 0 Å². The minimum absolute atomic E-state index is 0.105. The van der Waals surface area contributed by atoms with E-state index in [0.717, 1.165) is 29.9 Å². The Morgan fingerprint density at radius 1 is 1.21 bits per heavy atom. The van der Waals surface area contributed by atoms with Crippen LogP contribution in [0.2, 0.25) is 5.02 Å². The zero-order valence-corrected chi connectivity index (χ0v) is 18.8. The number of rotatable bonds is 8. The number of sulfonamides is 1. The molecule has 156 valence electrons. The van der Waals surface area contributed by atoms with Gasteiger partial charge in [0.1, 0.15) is 5.82 Å². The Morgan fingerprint density at radius 3 is 2.62 bits per heavy atom. The number of halogens is 1. The second-order valence-electron chi connectivity index (χ2n) is 7.28. The first-order valence-corrected chi connectivity index (χ1v) is 11.5. The van der Waals surface area contributed by atoms with Crippen LogP contribution < -0.4 is 5.32 Å². The van der Waals surface area contributed by atoms with E-state index in [9.17, 15) is 8.42 Å². The summed E-state index contributed by atoms with van der Waals surface area (Å²) in [7, 11) is -0.435. The Bertz CT molecular complexity index is 1110. The van der Waals surface area contributed by atoms with E-state index in [1.807, 2.05) is 30.3 Å². The van der Waals surface area contributed by atoms with Crippen LogP contribution in [0, 0.1) is 0 Å². The van der Waals surface area contributed by atoms with Crippen LogP contribution in [-0.2, 0) is 23.1 Å². The molecule has 0 aliphatic carbocycles. The number of aromatic nitrogens is 2. The number of benzene rings is 2. The van der Waals surface area contributed by atoms with E-state index < -0.39 is 10.0 Å². The summed E-state index contributed by atoms with van der Waals surface area (Å²) in [5, 5.41) is 4.21. The van der Waals surface area contributed by atoms with E-state index in [0.29, 0.717) is 17.1 Å². The van der Waals surface area contributed by atoms with Crippen molar-refractivity contribution < 1.29 is 8.42 Å². The van der Waals surface area contributed by atoms with Gasteiger partial charge in [-0.3, -0.25) is 0 Å². The van der Waals surface area contributed by atoms with Crippen molar-refractivity contribution in [3.63, 3.8) is 0 Å². The van der Waals surface area contributed by atoms with Crippen molar-refractivity contribution in [1.82, 2.24) is 19.2 Å². The third-order valence-corrected chi connectivity index (χ3v) is 6.99. The lowest BCUT2D eigenvalue weighted by molar-refractivity contribution is 0.521. The van der Waals surface area contributed by atoms with Gasteiger partial charge < -0.3 is 9.88 Å². The Morgan fingerprint density at radius 2 is 1.97 bits per heavy atom. The van der Waals surface area contributed by atoms with E-state index >= 15 is 0 Å². The smallest absolute Gasteiger partial charge is 0.242 e. The van der Waals surface area contributed by atoms with E-state index in [4.69, 9.17) is 16.6 Å². The molecule has 0 aliphatic rings. The lowest BCUT2D eigenvalue weighted by Gasteiger charge is -2.15. The third-order valence-electron chi connectivity index (χ3n) is 4.94. The largest absolute Gasteiger partial charge is 0.327 e. The van der Waals surface area contributed by atoms with Gasteiger partial charge in [0.05, 0.1) is 22.5 Å². The molecule has 0 fully saturated rings. The number of aryl methyl sites for hydroxylation is 1. The van der Waals surface area contributed by atoms with Gasteiger partial charge in [-0.15, -0.1) is 0 Å². The van der Waals surface area contributed by atoms with Crippen molar-refractivity contribution in [2.75, 3.05) is 14.1 Å². The fourth-order valence-electron chi connectivity index (χ4n) is 3.28. The molecule has 2 aromatic carbocycles. The lowest BCUT2D eigenvalue weighted by atomic mass is 10.1. The summed E-state index contributed by atoms with van der Waals surface area (Å²) in [5.74, 6) is 0.884. The van der Waals surface area contributed by atoms with Gasteiger partial charge >= 0.3 is 0 Å². The predicted octanol–water partition coefficient (Wildman–Crippen LogP) is 4.20. The standard InChI is InChI=1S/C21H27ClN4O2S/c1-5-11-26-20-10-9-18(29(27,28)25(3)4)13-19(20)24-21(26)14-23-15(2)16-7-6-8-17(22)12-16/h6-10,12-13,15,23H,5,11,14H2,1-4H3. The monoisotopic (exact) mass is 434 g/mol. The van der Waals surface area contributed by atoms with Crippen molar-refractivity contribution in [2.45, 2.75) is 44.3 Å². The van der Waals surface area contributed by atoms with Gasteiger partial charge in [0.25, 0.3) is 0 Å². The predicted molar refractivity (Wildman–Crippen MR) is 118 cm³/mol. The quantitative estimate of drug-likeness (QED) is 0.577. The van der Waals surface area contributed by atoms with Crippen molar-refractivity contribution in [3.05, 3.63) is 58.9 Å². The van der Waals surface area contributed by atoms with E-state index in [1.54, 1.807) is 12.1 Å². The molecule has 6 nitrogen and oxygen atoms in total. The minimum Gasteiger partial charge on any atom is -0.327 e. The average Bonchev–Trinajstić information content (AvgIpc) is 3.03. The van der Waals surface area contributed by atoms with Crippen LogP contribution >= 0.6 is 11.6 Å². The molecular weight excluding hydrogens is 408 g/mol. The first kappa shape index (κ1) is 21.8. The highest BCUT2D eigenvalue weighted by Gasteiger charge is 2.20. The van der Waals surface area contributed by atoms with Crippen molar-refractivity contribution in [1.29, 1.82) is 0 Å². The summed E-state index contributed by atoms with van der Waals surface area (Å²) in [5.41, 5.74) is 2.74. The topological polar surface area (TPSA) is 67.2 Å². The Balaban J connectivity index is 1.91. The van der Waals surface area contributed by atoms with Gasteiger partial charge in [-0.2, -0.15) is 0 Å². The van der Waals surface area contributed by atoms with Gasteiger partial charge in [-0.05, 0) is 49.2 Å². The van der Waals surface area contributed by atoms with Crippen molar-refractivity contribution in [2.24, 2.45) is 0 Å². The molecule has 0 radical (unpaired) electrons. The molecule has 0 spiro atoms. The van der Waals surface area contributed by atoms with Gasteiger partial charge in [0.2, 0.25) is 10.0 Å². The summed E-state index contributed by atoms with van der Waals surface area (Å²) < 4.78 is 28.3. The molecule has 8 heteroatoms. The molecule has 3 aromatic rings. The van der Waals surface area contributed by atoms with Gasteiger partial charge in [0, 0.05) is 31.7 Å². The Labute approximate surface area is 177 Å². The molecule has 1 N–H and O–H groups in total. The molecule has 1 unspecified atom stereocenters. The Kier molecular flexibility index (Phi) is 6.63. The van der Waals surface area contributed by atoms with E-state index in [1.165, 1.54) is 18.4 Å². The average molecular weight is 435 g/mol. The van der Waals surface area contributed by atoms with Crippen LogP contribution in [0.3, 0.4) is 0 Å². The molecule has 0 saturated carbocycles. The molecule has 1 heterocycles. The van der Waals surface area contributed by atoms with Crippen LogP contribution in [-0.4, -0.2) is 36.4 Å². The zero-order valence-electron chi connectivity index (χ0n) is 17.2. The van der Waals surface area contributed by atoms with E-state index in [2.05, 4.69) is 23.7 Å².